The highest BCUT2D eigenvalue weighted by molar-refractivity contribution is 7.98. The molecule has 1 aromatic heterocycles. The van der Waals surface area contributed by atoms with Crippen LogP contribution in [0, 0.1) is 0 Å². The van der Waals surface area contributed by atoms with E-state index in [2.05, 4.69) is 17.3 Å². The van der Waals surface area contributed by atoms with Gasteiger partial charge in [0.2, 0.25) is 0 Å². The van der Waals surface area contributed by atoms with Gasteiger partial charge in [0.05, 0.1) is 17.5 Å². The van der Waals surface area contributed by atoms with E-state index < -0.39 is 5.60 Å². The van der Waals surface area contributed by atoms with Crippen LogP contribution in [0.2, 0.25) is 5.02 Å². The molecule has 0 aliphatic rings. The smallest absolute Gasteiger partial charge is 0.287 e. The molecule has 1 heterocycles. The molecule has 0 amide bonds. The molecule has 2 N–H and O–H groups in total. The van der Waals surface area contributed by atoms with Crippen molar-refractivity contribution in [1.82, 2.24) is 9.78 Å². The third kappa shape index (κ3) is 5.00. The van der Waals surface area contributed by atoms with Gasteiger partial charge >= 0.3 is 0 Å². The van der Waals surface area contributed by atoms with Gasteiger partial charge in [-0.25, -0.2) is 4.68 Å². The van der Waals surface area contributed by atoms with E-state index in [9.17, 15) is 9.90 Å². The number of anilines is 1. The number of aliphatic hydroxyl groups is 1. The lowest BCUT2D eigenvalue weighted by Gasteiger charge is -2.23. The molecule has 0 spiro atoms. The number of rotatable bonds is 8. The standard InChI is InChI=1S/C13H22ClN3O2S/c1-4-5-6-17-12(18)11(14)10(7-16-17)15-8-13(2,19)9-20-3/h7,15,19H,4-6,8-9H2,1-3H3. The average molecular weight is 320 g/mol. The molecule has 1 rings (SSSR count). The number of hydrogen-bond donors (Lipinski definition) is 2. The number of nitrogens with zero attached hydrogens (tertiary/aromatic N) is 2. The summed E-state index contributed by atoms with van der Waals surface area (Å²) in [5.41, 5.74) is -0.694. The highest BCUT2D eigenvalue weighted by Crippen LogP contribution is 2.18. The number of hydrogen-bond acceptors (Lipinski definition) is 5. The summed E-state index contributed by atoms with van der Waals surface area (Å²) in [5, 5.41) is 17.3. The number of aromatic nitrogens is 2. The van der Waals surface area contributed by atoms with Crippen molar-refractivity contribution in [3.05, 3.63) is 21.6 Å². The number of unbranched alkanes of at least 4 members (excludes halogenated alkanes) is 1. The molecule has 0 radical (unpaired) electrons. The fourth-order valence-corrected chi connectivity index (χ4v) is 2.64. The van der Waals surface area contributed by atoms with E-state index in [1.165, 1.54) is 10.9 Å². The first kappa shape index (κ1) is 17.3. The summed E-state index contributed by atoms with van der Waals surface area (Å²) in [4.78, 5) is 12.0. The van der Waals surface area contributed by atoms with Crippen molar-refractivity contribution in [2.24, 2.45) is 0 Å². The molecule has 1 aromatic rings. The van der Waals surface area contributed by atoms with Crippen molar-refractivity contribution in [3.8, 4) is 0 Å². The molecule has 0 aliphatic carbocycles. The first-order valence-corrected chi connectivity index (χ1v) is 8.39. The van der Waals surface area contributed by atoms with Crippen molar-refractivity contribution in [2.75, 3.05) is 23.9 Å². The number of aryl methyl sites for hydroxylation is 1. The van der Waals surface area contributed by atoms with E-state index in [-0.39, 0.29) is 10.6 Å². The molecule has 1 unspecified atom stereocenters. The highest BCUT2D eigenvalue weighted by Gasteiger charge is 2.20. The molecule has 1 atom stereocenters. The van der Waals surface area contributed by atoms with Crippen LogP contribution in [-0.4, -0.2) is 39.0 Å². The zero-order chi connectivity index (χ0) is 15.2. The second-order valence-corrected chi connectivity index (χ2v) is 6.28. The predicted molar refractivity (Wildman–Crippen MR) is 85.9 cm³/mol. The topological polar surface area (TPSA) is 67.2 Å². The quantitative estimate of drug-likeness (QED) is 0.769. The van der Waals surface area contributed by atoms with Gasteiger partial charge in [0, 0.05) is 18.8 Å². The van der Waals surface area contributed by atoms with Crippen LogP contribution in [0.25, 0.3) is 0 Å². The fraction of sp³-hybridized carbons (Fsp3) is 0.692. The lowest BCUT2D eigenvalue weighted by atomic mass is 10.1. The Morgan fingerprint density at radius 2 is 2.30 bits per heavy atom. The van der Waals surface area contributed by atoms with Gasteiger partial charge in [-0.15, -0.1) is 0 Å². The molecular weight excluding hydrogens is 298 g/mol. The Kier molecular flexibility index (Phi) is 6.85. The maximum atomic E-state index is 12.0. The van der Waals surface area contributed by atoms with Crippen molar-refractivity contribution in [2.45, 2.75) is 38.8 Å². The van der Waals surface area contributed by atoms with E-state index in [0.29, 0.717) is 24.5 Å². The van der Waals surface area contributed by atoms with Crippen molar-refractivity contribution >= 4 is 29.1 Å². The van der Waals surface area contributed by atoms with Gasteiger partial charge in [-0.1, -0.05) is 24.9 Å². The summed E-state index contributed by atoms with van der Waals surface area (Å²) in [6, 6.07) is 0. The Hall–Kier alpha value is -0.720. The van der Waals surface area contributed by atoms with Gasteiger partial charge in [-0.05, 0) is 19.6 Å². The van der Waals surface area contributed by atoms with Crippen LogP contribution in [-0.2, 0) is 6.54 Å². The molecule has 114 valence electrons. The normalized spacial score (nSPS) is 14.1. The van der Waals surface area contributed by atoms with Crippen molar-refractivity contribution in [1.29, 1.82) is 0 Å². The zero-order valence-corrected chi connectivity index (χ0v) is 13.7. The number of nitrogens with one attached hydrogen (secondary N) is 1. The Morgan fingerprint density at radius 1 is 1.60 bits per heavy atom. The first-order valence-electron chi connectivity index (χ1n) is 6.62. The maximum absolute atomic E-state index is 12.0. The Balaban J connectivity index is 2.78. The van der Waals surface area contributed by atoms with E-state index in [1.54, 1.807) is 18.7 Å². The van der Waals surface area contributed by atoms with Crippen LogP contribution in [0.1, 0.15) is 26.7 Å². The van der Waals surface area contributed by atoms with Gasteiger partial charge in [0.15, 0.2) is 0 Å². The monoisotopic (exact) mass is 319 g/mol. The lowest BCUT2D eigenvalue weighted by Crippen LogP contribution is -2.36. The van der Waals surface area contributed by atoms with E-state index in [1.807, 2.05) is 6.26 Å². The van der Waals surface area contributed by atoms with E-state index in [0.717, 1.165) is 12.8 Å². The first-order chi connectivity index (χ1) is 9.41. The summed E-state index contributed by atoms with van der Waals surface area (Å²) >= 11 is 7.62. The highest BCUT2D eigenvalue weighted by atomic mass is 35.5. The summed E-state index contributed by atoms with van der Waals surface area (Å²) in [6.07, 6.45) is 5.34. The van der Waals surface area contributed by atoms with E-state index >= 15 is 0 Å². The minimum absolute atomic E-state index is 0.121. The molecular formula is C13H22ClN3O2S. The largest absolute Gasteiger partial charge is 0.387 e. The Morgan fingerprint density at radius 3 is 2.90 bits per heavy atom. The SMILES string of the molecule is CCCCn1ncc(NCC(C)(O)CSC)c(Cl)c1=O. The zero-order valence-electron chi connectivity index (χ0n) is 12.1. The summed E-state index contributed by atoms with van der Waals surface area (Å²) in [6.45, 7) is 4.67. The minimum Gasteiger partial charge on any atom is -0.387 e. The molecule has 20 heavy (non-hydrogen) atoms. The molecule has 0 aromatic carbocycles. The molecule has 0 fully saturated rings. The number of thioether (sulfide) groups is 1. The van der Waals surface area contributed by atoms with Crippen LogP contribution in [0.5, 0.6) is 0 Å². The minimum atomic E-state index is -0.861. The van der Waals surface area contributed by atoms with Crippen LogP contribution in [0.4, 0.5) is 5.69 Å². The molecule has 0 saturated heterocycles. The molecule has 0 saturated carbocycles. The van der Waals surface area contributed by atoms with Crippen LogP contribution >= 0.6 is 23.4 Å². The van der Waals surface area contributed by atoms with Gasteiger partial charge in [-0.3, -0.25) is 4.79 Å². The number of halogens is 1. The van der Waals surface area contributed by atoms with Crippen LogP contribution in [0.3, 0.4) is 0 Å². The summed E-state index contributed by atoms with van der Waals surface area (Å²) in [7, 11) is 0. The Labute approximate surface area is 128 Å². The third-order valence-corrected chi connectivity index (χ3v) is 4.10. The average Bonchev–Trinajstić information content (AvgIpc) is 2.39. The molecule has 0 aliphatic heterocycles. The van der Waals surface area contributed by atoms with Gasteiger partial charge < -0.3 is 10.4 Å². The molecule has 5 nitrogen and oxygen atoms in total. The van der Waals surface area contributed by atoms with Crippen LogP contribution in [0.15, 0.2) is 11.0 Å². The maximum Gasteiger partial charge on any atom is 0.287 e. The summed E-state index contributed by atoms with van der Waals surface area (Å²) in [5.74, 6) is 0.596. The Bertz CT molecular complexity index is 491. The van der Waals surface area contributed by atoms with Gasteiger partial charge in [0.1, 0.15) is 5.02 Å². The van der Waals surface area contributed by atoms with Crippen LogP contribution < -0.4 is 10.9 Å². The van der Waals surface area contributed by atoms with Gasteiger partial charge in [-0.2, -0.15) is 16.9 Å². The molecule has 7 heteroatoms. The van der Waals surface area contributed by atoms with Crippen molar-refractivity contribution < 1.29 is 5.11 Å². The fourth-order valence-electron chi connectivity index (χ4n) is 1.70. The predicted octanol–water partition coefficient (Wildman–Crippen LogP) is 2.22. The lowest BCUT2D eigenvalue weighted by molar-refractivity contribution is 0.0997. The molecule has 0 bridgehead atoms. The van der Waals surface area contributed by atoms with Gasteiger partial charge in [0.25, 0.3) is 5.56 Å². The summed E-state index contributed by atoms with van der Waals surface area (Å²) < 4.78 is 1.37. The second-order valence-electron chi connectivity index (χ2n) is 5.04. The van der Waals surface area contributed by atoms with E-state index in [4.69, 9.17) is 11.6 Å². The third-order valence-electron chi connectivity index (χ3n) is 2.82. The van der Waals surface area contributed by atoms with Crippen molar-refractivity contribution in [3.63, 3.8) is 0 Å². The second kappa shape index (κ2) is 7.90.